The highest BCUT2D eigenvalue weighted by atomic mass is 19.1. The zero-order valence-corrected chi connectivity index (χ0v) is 14.6. The summed E-state index contributed by atoms with van der Waals surface area (Å²) in [6.07, 6.45) is 4.30. The van der Waals surface area contributed by atoms with Gasteiger partial charge in [0.25, 0.3) is 0 Å². The summed E-state index contributed by atoms with van der Waals surface area (Å²) >= 11 is 0. The van der Waals surface area contributed by atoms with Crippen LogP contribution < -0.4 is 0 Å². The quantitative estimate of drug-likeness (QED) is 0.848. The van der Waals surface area contributed by atoms with Crippen molar-refractivity contribution in [1.82, 2.24) is 19.6 Å². The summed E-state index contributed by atoms with van der Waals surface area (Å²) in [5.41, 5.74) is 2.28. The summed E-state index contributed by atoms with van der Waals surface area (Å²) < 4.78 is 21.4. The monoisotopic (exact) mass is 344 g/mol. The van der Waals surface area contributed by atoms with Gasteiger partial charge in [0.15, 0.2) is 0 Å². The Bertz CT molecular complexity index is 719. The molecule has 4 rings (SSSR count). The van der Waals surface area contributed by atoms with Crippen LogP contribution in [0.3, 0.4) is 0 Å². The second-order valence-electron chi connectivity index (χ2n) is 7.25. The van der Waals surface area contributed by atoms with Crippen molar-refractivity contribution in [2.45, 2.75) is 19.2 Å². The van der Waals surface area contributed by atoms with Crippen molar-refractivity contribution < 1.29 is 9.13 Å². The number of aromatic nitrogens is 2. The van der Waals surface area contributed by atoms with Crippen LogP contribution in [0.2, 0.25) is 0 Å². The first-order valence-electron chi connectivity index (χ1n) is 8.94. The van der Waals surface area contributed by atoms with Gasteiger partial charge in [-0.1, -0.05) is 12.1 Å². The van der Waals surface area contributed by atoms with Gasteiger partial charge in [0.2, 0.25) is 0 Å². The molecule has 0 bridgehead atoms. The lowest BCUT2D eigenvalue weighted by atomic mass is 10.1. The van der Waals surface area contributed by atoms with Gasteiger partial charge < -0.3 is 4.74 Å². The van der Waals surface area contributed by atoms with Crippen molar-refractivity contribution in [2.75, 3.05) is 32.8 Å². The number of nitrogens with zero attached hydrogens (tertiary/aromatic N) is 4. The van der Waals surface area contributed by atoms with E-state index in [9.17, 15) is 4.39 Å². The molecule has 0 amide bonds. The molecule has 0 spiro atoms. The Hall–Kier alpha value is -1.76. The van der Waals surface area contributed by atoms with E-state index in [-0.39, 0.29) is 11.9 Å². The molecule has 2 aromatic rings. The van der Waals surface area contributed by atoms with Crippen molar-refractivity contribution in [3.63, 3.8) is 0 Å². The summed E-state index contributed by atoms with van der Waals surface area (Å²) in [6, 6.07) is 6.90. The number of hydrogen-bond donors (Lipinski definition) is 0. The predicted molar refractivity (Wildman–Crippen MR) is 93.4 cm³/mol. The van der Waals surface area contributed by atoms with E-state index < -0.39 is 0 Å². The molecule has 2 aliphatic heterocycles. The Kier molecular flexibility index (Phi) is 4.83. The zero-order valence-electron chi connectivity index (χ0n) is 14.6. The van der Waals surface area contributed by atoms with E-state index in [1.807, 2.05) is 24.0 Å². The third-order valence-corrected chi connectivity index (χ3v) is 5.15. The van der Waals surface area contributed by atoms with Crippen molar-refractivity contribution in [2.24, 2.45) is 13.0 Å². The van der Waals surface area contributed by atoms with E-state index in [2.05, 4.69) is 21.1 Å². The van der Waals surface area contributed by atoms with Gasteiger partial charge >= 0.3 is 0 Å². The maximum Gasteiger partial charge on any atom is 0.123 e. The maximum atomic E-state index is 13.4. The van der Waals surface area contributed by atoms with Crippen LogP contribution >= 0.6 is 0 Å². The highest BCUT2D eigenvalue weighted by Crippen LogP contribution is 2.25. The Morgan fingerprint density at radius 2 is 2.00 bits per heavy atom. The van der Waals surface area contributed by atoms with Gasteiger partial charge in [0, 0.05) is 64.0 Å². The van der Waals surface area contributed by atoms with Crippen LogP contribution in [-0.4, -0.2) is 58.5 Å². The van der Waals surface area contributed by atoms with Crippen LogP contribution in [0.25, 0.3) is 0 Å². The fourth-order valence-electron chi connectivity index (χ4n) is 4.03. The molecular formula is C19H25FN4O. The van der Waals surface area contributed by atoms with Crippen molar-refractivity contribution in [3.8, 4) is 0 Å². The normalized spacial score (nSPS) is 25.0. The van der Waals surface area contributed by atoms with Gasteiger partial charge in [-0.15, -0.1) is 0 Å². The first-order valence-corrected chi connectivity index (χ1v) is 8.94. The predicted octanol–water partition coefficient (Wildman–Crippen LogP) is 1.89. The van der Waals surface area contributed by atoms with E-state index in [4.69, 9.17) is 4.74 Å². The summed E-state index contributed by atoms with van der Waals surface area (Å²) in [7, 11) is 1.95. The Labute approximate surface area is 148 Å². The number of fused-ring (bicyclic) bond motifs is 1. The Morgan fingerprint density at radius 3 is 2.80 bits per heavy atom. The maximum absolute atomic E-state index is 13.4. The Balaban J connectivity index is 1.37. The Morgan fingerprint density at radius 1 is 1.16 bits per heavy atom. The van der Waals surface area contributed by atoms with E-state index in [1.165, 1.54) is 11.6 Å². The number of aryl methyl sites for hydroxylation is 1. The zero-order chi connectivity index (χ0) is 17.2. The number of hydrogen-bond acceptors (Lipinski definition) is 4. The molecule has 0 saturated carbocycles. The largest absolute Gasteiger partial charge is 0.375 e. The lowest BCUT2D eigenvalue weighted by Gasteiger charge is -2.22. The minimum Gasteiger partial charge on any atom is -0.375 e. The van der Waals surface area contributed by atoms with Crippen LogP contribution in [0, 0.1) is 11.7 Å². The number of likely N-dealkylation sites (tertiary alicyclic amines) is 1. The molecule has 2 fully saturated rings. The lowest BCUT2D eigenvalue weighted by Crippen LogP contribution is -2.32. The molecule has 5 nitrogen and oxygen atoms in total. The highest BCUT2D eigenvalue weighted by molar-refractivity contribution is 5.16. The van der Waals surface area contributed by atoms with Crippen LogP contribution in [0.15, 0.2) is 36.7 Å². The molecule has 25 heavy (non-hydrogen) atoms. The molecule has 2 atom stereocenters. The second kappa shape index (κ2) is 7.23. The van der Waals surface area contributed by atoms with Crippen molar-refractivity contribution in [1.29, 1.82) is 0 Å². The molecule has 0 radical (unpaired) electrons. The molecular weight excluding hydrogens is 319 g/mol. The van der Waals surface area contributed by atoms with E-state index >= 15 is 0 Å². The van der Waals surface area contributed by atoms with Crippen molar-refractivity contribution in [3.05, 3.63) is 53.6 Å². The minimum atomic E-state index is -0.162. The van der Waals surface area contributed by atoms with Gasteiger partial charge in [-0.25, -0.2) is 4.39 Å². The van der Waals surface area contributed by atoms with Crippen LogP contribution in [0.5, 0.6) is 0 Å². The van der Waals surface area contributed by atoms with Gasteiger partial charge in [-0.3, -0.25) is 14.5 Å². The van der Waals surface area contributed by atoms with Crippen molar-refractivity contribution >= 4 is 0 Å². The fourth-order valence-corrected chi connectivity index (χ4v) is 4.03. The third-order valence-electron chi connectivity index (χ3n) is 5.15. The van der Waals surface area contributed by atoms with Crippen LogP contribution in [0.4, 0.5) is 4.39 Å². The number of ether oxygens (including phenoxy) is 1. The summed E-state index contributed by atoms with van der Waals surface area (Å²) in [5, 5.41) is 4.26. The van der Waals surface area contributed by atoms with Gasteiger partial charge in [-0.05, 0) is 17.7 Å². The summed E-state index contributed by atoms with van der Waals surface area (Å²) in [4.78, 5) is 4.85. The molecule has 2 aliphatic rings. The molecule has 0 N–H and O–H groups in total. The first-order chi connectivity index (χ1) is 12.2. The number of halogens is 1. The topological polar surface area (TPSA) is 33.5 Å². The molecule has 2 saturated heterocycles. The summed E-state index contributed by atoms with van der Waals surface area (Å²) in [6.45, 7) is 6.42. The van der Waals surface area contributed by atoms with E-state index in [0.29, 0.717) is 5.92 Å². The fraction of sp³-hybridized carbons (Fsp3) is 0.526. The average Bonchev–Trinajstić information content (AvgIpc) is 3.08. The molecule has 1 aromatic heterocycles. The molecule has 1 aromatic carbocycles. The van der Waals surface area contributed by atoms with Crippen LogP contribution in [-0.2, 0) is 24.9 Å². The molecule has 6 heteroatoms. The smallest absolute Gasteiger partial charge is 0.123 e. The van der Waals surface area contributed by atoms with Crippen LogP contribution in [0.1, 0.15) is 11.1 Å². The standard InChI is InChI=1S/C19H25FN4O/c1-22-9-16(8-21-22)11-23-5-6-25-19-14-24(13-17(19)12-23)10-15-3-2-4-18(20)7-15/h2-4,7-9,17,19H,5-6,10-14H2,1H3/t17-,19+/m1/s1. The average molecular weight is 344 g/mol. The summed E-state index contributed by atoms with van der Waals surface area (Å²) in [5.74, 6) is 0.345. The second-order valence-corrected chi connectivity index (χ2v) is 7.25. The first kappa shape index (κ1) is 16.7. The number of rotatable bonds is 4. The van der Waals surface area contributed by atoms with Gasteiger partial charge in [-0.2, -0.15) is 5.10 Å². The minimum absolute atomic E-state index is 0.162. The molecule has 0 aliphatic carbocycles. The van der Waals surface area contributed by atoms with E-state index in [1.54, 1.807) is 12.1 Å². The molecule has 134 valence electrons. The third kappa shape index (κ3) is 4.08. The number of benzene rings is 1. The van der Waals surface area contributed by atoms with E-state index in [0.717, 1.165) is 51.4 Å². The van der Waals surface area contributed by atoms with Gasteiger partial charge in [0.05, 0.1) is 18.9 Å². The molecule has 3 heterocycles. The molecule has 0 unspecified atom stereocenters. The lowest BCUT2D eigenvalue weighted by molar-refractivity contribution is 0.0510. The SMILES string of the molecule is Cn1cc(CN2CCO[C@H]3CN(Cc4cccc(F)c4)C[C@H]3C2)cn1. The van der Waals surface area contributed by atoms with Gasteiger partial charge in [0.1, 0.15) is 5.82 Å². The highest BCUT2D eigenvalue weighted by Gasteiger charge is 2.36.